The number of ketones is 4. The second-order valence-electron chi connectivity index (χ2n) is 28.7. The minimum atomic E-state index is -5.68. The van der Waals surface area contributed by atoms with E-state index in [1.807, 2.05) is 0 Å². The van der Waals surface area contributed by atoms with Gasteiger partial charge in [-0.05, 0) is 120 Å². The average Bonchev–Trinajstić information content (AvgIpc) is 0.707. The van der Waals surface area contributed by atoms with Crippen LogP contribution in [0.4, 0.5) is 57.9 Å². The number of carboxylic acids is 2. The second-order valence-corrected chi connectivity index (χ2v) is 37.2. The molecule has 0 radical (unpaired) electrons. The van der Waals surface area contributed by atoms with E-state index in [1.54, 1.807) is 0 Å². The SMILES string of the molecule is Cn1c(=O)c(C(=O)c2cccc(S(=O)(=O)O)c2)c2c3c(c(Nc4cc(Nc5nc(NCCNc6nc(Nc7cc(Nc8ccc9c%10c8C(=O)c8ccccc8-c%10c(C(=O)c8cccc(S(=O)(=O)O)c8)c(=O)n9C)c(S(=O)(=O)O)cc7S(=O)(=O)O)nc(Oc7cccc(C(=O)O)c7)n6)nc(Oc6cccc(C(=O)O)c6)n5)c(S(=O)(=O)O)cc4S(=O)(=O)O)ccc31)C(=O)c1ccccc1-2. The van der Waals surface area contributed by atoms with Crippen LogP contribution >= 0.6 is 0 Å². The number of hydrogen-bond acceptors (Lipinski definition) is 34. The molecule has 0 saturated carbocycles. The number of carbonyl (C=O) groups excluding carboxylic acids is 4. The van der Waals surface area contributed by atoms with E-state index < -0.39 is 230 Å². The van der Waals surface area contributed by atoms with Gasteiger partial charge in [-0.25, -0.2) is 9.59 Å². The summed E-state index contributed by atoms with van der Waals surface area (Å²) in [5.74, 6) is -9.85. The lowest BCUT2D eigenvalue weighted by Crippen LogP contribution is -2.29. The molecule has 50 heteroatoms. The zero-order chi connectivity index (χ0) is 94.7. The van der Waals surface area contributed by atoms with Gasteiger partial charge in [0.25, 0.3) is 71.8 Å². The molecule has 4 heterocycles. The number of aromatic carboxylic acids is 2. The number of hydrogen-bond donors (Lipinski definition) is 14. The van der Waals surface area contributed by atoms with Crippen LogP contribution in [-0.2, 0) is 74.8 Å². The molecule has 2 aliphatic carbocycles. The first-order valence-corrected chi connectivity index (χ1v) is 46.1. The molecule has 10 aromatic carbocycles. The number of aryl methyl sites for hydroxylation is 2. The maximum absolute atomic E-state index is 15.1. The van der Waals surface area contributed by atoms with Crippen LogP contribution in [0, 0.1) is 0 Å². The van der Waals surface area contributed by atoms with E-state index in [1.165, 1.54) is 123 Å². The molecule has 0 fully saturated rings. The Morgan fingerprint density at radius 1 is 0.333 bits per heavy atom. The van der Waals surface area contributed by atoms with Crippen LogP contribution in [0.1, 0.15) is 84.4 Å². The van der Waals surface area contributed by atoms with Gasteiger partial charge in [-0.1, -0.05) is 84.9 Å². The third-order valence-electron chi connectivity index (χ3n) is 20.5. The normalized spacial score (nSPS) is 12.5. The van der Waals surface area contributed by atoms with E-state index in [9.17, 15) is 117 Å². The summed E-state index contributed by atoms with van der Waals surface area (Å²) in [4.78, 5) is 132. The van der Waals surface area contributed by atoms with Gasteiger partial charge in [0.15, 0.2) is 23.1 Å². The molecule has 2 aliphatic rings. The first kappa shape index (κ1) is 89.5. The van der Waals surface area contributed by atoms with Gasteiger partial charge >= 0.3 is 24.0 Å². The number of aromatic nitrogens is 8. The fourth-order valence-electron chi connectivity index (χ4n) is 14.8. The fraction of sp³-hybridized carbons (Fsp3) is 0.0488. The van der Waals surface area contributed by atoms with Crippen molar-refractivity contribution in [1.82, 2.24) is 39.0 Å². The first-order chi connectivity index (χ1) is 62.2. The number of benzene rings is 10. The lowest BCUT2D eigenvalue weighted by Gasteiger charge is -2.26. The van der Waals surface area contributed by atoms with E-state index in [0.29, 0.717) is 12.1 Å². The Kier molecular flexibility index (Phi) is 22.6. The molecule has 0 aliphatic heterocycles. The van der Waals surface area contributed by atoms with E-state index in [-0.39, 0.29) is 112 Å². The molecule has 0 bridgehead atoms. The van der Waals surface area contributed by atoms with Gasteiger partial charge in [0, 0.05) is 71.3 Å². The first-order valence-electron chi connectivity index (χ1n) is 37.5. The predicted octanol–water partition coefficient (Wildman–Crippen LogP) is 9.60. The number of pyridine rings is 2. The zero-order valence-corrected chi connectivity index (χ0v) is 71.4. The van der Waals surface area contributed by atoms with E-state index in [0.717, 1.165) is 69.8 Å². The van der Waals surface area contributed by atoms with Gasteiger partial charge in [-0.3, -0.25) is 56.1 Å². The summed E-state index contributed by atoms with van der Waals surface area (Å²) in [6, 6.07) is 34.2. The summed E-state index contributed by atoms with van der Waals surface area (Å²) in [5.41, 5.74) is -10.0. The average molecular weight is 1910 g/mol. The summed E-state index contributed by atoms with van der Waals surface area (Å²) in [6.45, 7) is -0.853. The Bertz CT molecular complexity index is 7950. The number of fused-ring (bicyclic) bond motifs is 4. The summed E-state index contributed by atoms with van der Waals surface area (Å²) in [7, 11) is -30.1. The van der Waals surface area contributed by atoms with Crippen LogP contribution in [-0.4, -0.2) is 175 Å². The monoisotopic (exact) mass is 1910 g/mol. The van der Waals surface area contributed by atoms with Crippen molar-refractivity contribution in [1.29, 1.82) is 0 Å². The summed E-state index contributed by atoms with van der Waals surface area (Å²) in [5, 5.41) is 35.6. The lowest BCUT2D eigenvalue weighted by atomic mass is 9.80. The van der Waals surface area contributed by atoms with Crippen LogP contribution in [0.3, 0.4) is 0 Å². The molecule has 0 unspecified atom stereocenters. The van der Waals surface area contributed by atoms with Crippen molar-refractivity contribution in [3.05, 3.63) is 270 Å². The van der Waals surface area contributed by atoms with Gasteiger partial charge in [0.1, 0.15) is 31.1 Å². The zero-order valence-electron chi connectivity index (χ0n) is 66.5. The van der Waals surface area contributed by atoms with E-state index in [4.69, 9.17) is 9.47 Å². The molecule has 0 amide bonds. The molecule has 132 heavy (non-hydrogen) atoms. The highest BCUT2D eigenvalue weighted by atomic mass is 32.2. The number of anilines is 10. The number of carbonyl (C=O) groups is 6. The molecule has 0 saturated heterocycles. The van der Waals surface area contributed by atoms with Gasteiger partial charge in [0.2, 0.25) is 23.8 Å². The van der Waals surface area contributed by atoms with Crippen molar-refractivity contribution >= 4 is 176 Å². The lowest BCUT2D eigenvalue weighted by molar-refractivity contribution is 0.0686. The van der Waals surface area contributed by atoms with E-state index >= 15 is 9.59 Å². The fourth-order valence-corrected chi connectivity index (χ4v) is 18.6. The predicted molar refractivity (Wildman–Crippen MR) is 464 cm³/mol. The van der Waals surface area contributed by atoms with Crippen LogP contribution in [0.15, 0.2) is 233 Å². The summed E-state index contributed by atoms with van der Waals surface area (Å²) < 4.78 is 234. The molecule has 14 aromatic rings. The third kappa shape index (κ3) is 17.2. The van der Waals surface area contributed by atoms with Crippen molar-refractivity contribution in [2.45, 2.75) is 29.4 Å². The van der Waals surface area contributed by atoms with Crippen LogP contribution in [0.2, 0.25) is 0 Å². The number of ether oxygens (including phenoxy) is 2. The minimum Gasteiger partial charge on any atom is -0.478 e. The molecule has 16 rings (SSSR count). The Hall–Kier alpha value is -15.9. The number of nitrogens with one attached hydrogen (secondary N) is 6. The van der Waals surface area contributed by atoms with Crippen LogP contribution in [0.5, 0.6) is 23.5 Å². The second kappa shape index (κ2) is 33.3. The Labute approximate surface area is 740 Å². The molecule has 44 nitrogen and oxygen atoms in total. The smallest absolute Gasteiger partial charge is 0.335 e. The van der Waals surface area contributed by atoms with Gasteiger partial charge in [-0.2, -0.15) is 80.4 Å². The van der Waals surface area contributed by atoms with Crippen LogP contribution in [0.25, 0.3) is 44.1 Å². The molecular formula is C82H56N14O30S6. The maximum Gasteiger partial charge on any atom is 0.335 e. The quantitative estimate of drug-likeness (QED) is 0.0118. The molecular weight excluding hydrogens is 1850 g/mol. The third-order valence-corrected chi connectivity index (χ3v) is 25.8. The van der Waals surface area contributed by atoms with Gasteiger partial charge in [-0.15, -0.1) is 0 Å². The highest BCUT2D eigenvalue weighted by molar-refractivity contribution is 7.87. The van der Waals surface area contributed by atoms with Crippen molar-refractivity contribution in [3.63, 3.8) is 0 Å². The van der Waals surface area contributed by atoms with Gasteiger partial charge in [0.05, 0.1) is 88.3 Å². The van der Waals surface area contributed by atoms with Crippen molar-refractivity contribution in [3.8, 4) is 45.8 Å². The molecule has 0 atom stereocenters. The Balaban J connectivity index is 0.759. The van der Waals surface area contributed by atoms with Crippen molar-refractivity contribution in [2.24, 2.45) is 14.1 Å². The molecule has 4 aromatic heterocycles. The number of rotatable bonds is 29. The number of carboxylic acid groups (broad SMARTS) is 2. The maximum atomic E-state index is 15.1. The summed E-state index contributed by atoms with van der Waals surface area (Å²) >= 11 is 0. The van der Waals surface area contributed by atoms with Crippen molar-refractivity contribution < 1.29 is 126 Å². The molecule has 670 valence electrons. The largest absolute Gasteiger partial charge is 0.478 e. The molecule has 14 N–H and O–H groups in total. The standard InChI is InChI=1S/C82H56N14O30S6/c1-95-55-25-23-49(63-65(55)61(45-19-3-5-21-47(45)71(63)99)67(73(95)101)69(97)37-11-9-17-43(31-37)127(107,108)109)85-51-33-53(59(131(119,120)121)35-57(51)129(113,114)115)87-79-89-77(91-81(93-79)125-41-15-7-13-39(29-41)75(103)104)83-27-28-84-78-90-80(94-82(92-78)126-42-16-8-14-40(30-42)76(105)106)88-54-34-52(58(130(116,117)118)36-60(54)132(122,123)124)86-50-24-26-56-66-62(46-20-4-6-22-48(46)72(100)64(50)66)68(74(102)96(56)2)70(98)38-12-10-18-44(32-38)128(110,111)112/h3-26,29-36,85-86H,27-28H2,1-2H3,(H,103,104)(H,105,106)(H,107,108,109)(H,110,111,112)(H,113,114,115)(H,116,117,118)(H,119,120,121)(H,122,123,124)(H2,83,87,89,91,93)(H2,84,88,90,92,94). The minimum absolute atomic E-state index is 0.0180. The Morgan fingerprint density at radius 3 is 1.00 bits per heavy atom. The van der Waals surface area contributed by atoms with Gasteiger partial charge < -0.3 is 60.7 Å². The Morgan fingerprint density at radius 2 is 0.659 bits per heavy atom. The number of nitrogens with zero attached hydrogens (tertiary/aromatic N) is 8. The molecule has 0 spiro atoms. The summed E-state index contributed by atoms with van der Waals surface area (Å²) in [6.07, 6.45) is 0. The topological polar surface area (TPSA) is 681 Å². The van der Waals surface area contributed by atoms with E-state index in [2.05, 4.69) is 61.8 Å². The van der Waals surface area contributed by atoms with Crippen molar-refractivity contribution in [2.75, 3.05) is 45.0 Å². The highest BCUT2D eigenvalue weighted by Gasteiger charge is 2.39. The highest BCUT2D eigenvalue weighted by Crippen LogP contribution is 2.49. The van der Waals surface area contributed by atoms with Crippen LogP contribution < -0.4 is 52.5 Å².